The number of aromatic nitrogens is 1. The number of fused-ring (bicyclic) bond motifs is 3. The molecule has 1 fully saturated rings. The number of nitrogens with one attached hydrogen (secondary N) is 1. The maximum atomic E-state index is 13.1. The molecule has 2 amide bonds. The fourth-order valence-corrected chi connectivity index (χ4v) is 8.07. The molecule has 1 aliphatic heterocycles. The van der Waals surface area contributed by atoms with Crippen LogP contribution in [0.15, 0.2) is 18.2 Å². The van der Waals surface area contributed by atoms with Crippen LogP contribution in [0, 0.1) is 23.2 Å². The monoisotopic (exact) mass is 527 g/mol. The molecule has 37 heavy (non-hydrogen) atoms. The summed E-state index contributed by atoms with van der Waals surface area (Å²) in [5, 5.41) is 15.2. The summed E-state index contributed by atoms with van der Waals surface area (Å²) in [6.45, 7) is 11.9. The molecular formula is C28H37N3O5S. The maximum absolute atomic E-state index is 13.1. The van der Waals surface area contributed by atoms with Crippen LogP contribution in [-0.2, 0) is 11.2 Å². The molecule has 6 atom stereocenters. The summed E-state index contributed by atoms with van der Waals surface area (Å²) in [5.74, 6) is 0.817. The van der Waals surface area contributed by atoms with Gasteiger partial charge in [0.15, 0.2) is 16.6 Å². The number of carbonyl (C=O) groups is 2. The van der Waals surface area contributed by atoms with Gasteiger partial charge in [0.05, 0.1) is 11.8 Å². The van der Waals surface area contributed by atoms with E-state index in [2.05, 4.69) is 19.2 Å². The van der Waals surface area contributed by atoms with Crippen LogP contribution in [0.5, 0.6) is 11.5 Å². The predicted molar refractivity (Wildman–Crippen MR) is 142 cm³/mol. The van der Waals surface area contributed by atoms with Crippen LogP contribution >= 0.6 is 11.3 Å². The van der Waals surface area contributed by atoms with Gasteiger partial charge >= 0.3 is 0 Å². The molecule has 1 aromatic carbocycles. The number of hydrogen-bond acceptors (Lipinski definition) is 7. The number of anilines is 1. The van der Waals surface area contributed by atoms with Gasteiger partial charge in [-0.05, 0) is 68.6 Å². The number of nitrogens with zero attached hydrogens (tertiary/aromatic N) is 2. The van der Waals surface area contributed by atoms with E-state index in [1.165, 1.54) is 16.2 Å². The number of rotatable bonds is 6. The Balaban J connectivity index is 1.34. The standard InChI is InChI=1S/C28H37N3O5S/c1-6-31(7-2)26(34)15(3)18-10-11-28(5)13-21-23(16(4)22(28)24(18)32)29-27(37-21)30-25(33)17-8-9-19-20(12-17)36-14-35-19/h8-9,12,15-16,18,22,24,32H,6-7,10-11,13-14H2,1-5H3,(H,29,30,33)/t15-,16-,18+,22+,24-,28-/m0/s1. The molecule has 1 saturated carbocycles. The maximum Gasteiger partial charge on any atom is 0.257 e. The summed E-state index contributed by atoms with van der Waals surface area (Å²) in [6.07, 6.45) is 2.02. The highest BCUT2D eigenvalue weighted by Crippen LogP contribution is 2.57. The van der Waals surface area contributed by atoms with Crippen LogP contribution < -0.4 is 14.8 Å². The summed E-state index contributed by atoms with van der Waals surface area (Å²) in [5.41, 5.74) is 1.36. The van der Waals surface area contributed by atoms with Crippen LogP contribution in [-0.4, -0.2) is 52.8 Å². The van der Waals surface area contributed by atoms with Crippen molar-refractivity contribution in [3.63, 3.8) is 0 Å². The molecule has 2 aromatic rings. The van der Waals surface area contributed by atoms with Gasteiger partial charge < -0.3 is 19.5 Å². The van der Waals surface area contributed by atoms with E-state index in [9.17, 15) is 14.7 Å². The third-order valence-electron chi connectivity index (χ3n) is 8.88. The highest BCUT2D eigenvalue weighted by atomic mass is 32.1. The zero-order valence-corrected chi connectivity index (χ0v) is 23.1. The van der Waals surface area contributed by atoms with Gasteiger partial charge in [-0.25, -0.2) is 4.98 Å². The third-order valence-corrected chi connectivity index (χ3v) is 9.87. The van der Waals surface area contributed by atoms with E-state index < -0.39 is 6.10 Å². The van der Waals surface area contributed by atoms with Crippen molar-refractivity contribution in [2.45, 2.75) is 65.9 Å². The second kappa shape index (κ2) is 9.91. The van der Waals surface area contributed by atoms with Gasteiger partial charge in [-0.15, -0.1) is 11.3 Å². The largest absolute Gasteiger partial charge is 0.454 e. The number of carbonyl (C=O) groups excluding carboxylic acids is 2. The average molecular weight is 528 g/mol. The molecular weight excluding hydrogens is 490 g/mol. The van der Waals surface area contributed by atoms with E-state index in [1.54, 1.807) is 18.2 Å². The molecule has 0 radical (unpaired) electrons. The van der Waals surface area contributed by atoms with E-state index >= 15 is 0 Å². The Labute approximate surface area is 222 Å². The fraction of sp³-hybridized carbons (Fsp3) is 0.607. The molecule has 0 bridgehead atoms. The van der Waals surface area contributed by atoms with E-state index in [0.29, 0.717) is 35.3 Å². The van der Waals surface area contributed by atoms with Crippen molar-refractivity contribution in [3.05, 3.63) is 34.3 Å². The zero-order valence-electron chi connectivity index (χ0n) is 22.2. The van der Waals surface area contributed by atoms with Crippen molar-refractivity contribution in [1.82, 2.24) is 9.88 Å². The van der Waals surface area contributed by atoms with Crippen LogP contribution in [0.3, 0.4) is 0 Å². The lowest BCUT2D eigenvalue weighted by molar-refractivity contribution is -0.144. The SMILES string of the molecule is CCN(CC)C(=O)[C@@H](C)[C@H]1CC[C@@]2(C)Cc3sc(NC(=O)c4ccc5c(c4)OCO5)nc3[C@@H](C)[C@@H]2[C@H]1O. The lowest BCUT2D eigenvalue weighted by atomic mass is 9.53. The Morgan fingerprint density at radius 3 is 2.73 bits per heavy atom. The lowest BCUT2D eigenvalue weighted by Gasteiger charge is -2.53. The molecule has 5 rings (SSSR count). The van der Waals surface area contributed by atoms with E-state index in [-0.39, 0.29) is 47.7 Å². The van der Waals surface area contributed by atoms with E-state index in [1.807, 2.05) is 25.7 Å². The minimum absolute atomic E-state index is 0.00483. The summed E-state index contributed by atoms with van der Waals surface area (Å²) >= 11 is 1.52. The molecule has 8 nitrogen and oxygen atoms in total. The smallest absolute Gasteiger partial charge is 0.257 e. The second-order valence-corrected chi connectivity index (χ2v) is 12.1. The van der Waals surface area contributed by atoms with Gasteiger partial charge in [-0.3, -0.25) is 14.9 Å². The number of aliphatic hydroxyl groups is 1. The van der Waals surface area contributed by atoms with Crippen molar-refractivity contribution >= 4 is 28.3 Å². The molecule has 1 aromatic heterocycles. The molecule has 2 heterocycles. The number of thiazole rings is 1. The topological polar surface area (TPSA) is 101 Å². The summed E-state index contributed by atoms with van der Waals surface area (Å²) in [6, 6.07) is 5.13. The first kappa shape index (κ1) is 26.0. The van der Waals surface area contributed by atoms with E-state index in [4.69, 9.17) is 14.5 Å². The second-order valence-electron chi connectivity index (χ2n) is 11.0. The molecule has 9 heteroatoms. The highest BCUT2D eigenvalue weighted by molar-refractivity contribution is 7.15. The molecule has 200 valence electrons. The lowest BCUT2D eigenvalue weighted by Crippen LogP contribution is -2.53. The Morgan fingerprint density at radius 1 is 1.27 bits per heavy atom. The van der Waals surface area contributed by atoms with Crippen molar-refractivity contribution in [2.24, 2.45) is 23.2 Å². The van der Waals surface area contributed by atoms with Crippen LogP contribution in [0.25, 0.3) is 0 Å². The first-order valence-corrected chi connectivity index (χ1v) is 14.2. The third kappa shape index (κ3) is 4.50. The zero-order chi connectivity index (χ0) is 26.5. The van der Waals surface area contributed by atoms with Crippen molar-refractivity contribution in [3.8, 4) is 11.5 Å². The molecule has 2 aliphatic carbocycles. The normalized spacial score (nSPS) is 28.7. The van der Waals surface area contributed by atoms with Crippen LogP contribution in [0.2, 0.25) is 0 Å². The van der Waals surface area contributed by atoms with Gasteiger partial charge in [-0.1, -0.05) is 20.8 Å². The van der Waals surface area contributed by atoms with Crippen molar-refractivity contribution < 1.29 is 24.2 Å². The Morgan fingerprint density at radius 2 is 2.00 bits per heavy atom. The summed E-state index contributed by atoms with van der Waals surface area (Å²) in [7, 11) is 0. The molecule has 3 aliphatic rings. The molecule has 0 unspecified atom stereocenters. The van der Waals surface area contributed by atoms with Crippen molar-refractivity contribution in [2.75, 3.05) is 25.2 Å². The number of benzene rings is 1. The van der Waals surface area contributed by atoms with Crippen LogP contribution in [0.1, 0.15) is 74.3 Å². The minimum atomic E-state index is -0.579. The Hall–Kier alpha value is -2.65. The summed E-state index contributed by atoms with van der Waals surface area (Å²) in [4.78, 5) is 33.9. The first-order chi connectivity index (χ1) is 17.7. The quantitative estimate of drug-likeness (QED) is 0.566. The van der Waals surface area contributed by atoms with Gasteiger partial charge in [-0.2, -0.15) is 0 Å². The van der Waals surface area contributed by atoms with E-state index in [0.717, 1.165) is 25.0 Å². The van der Waals surface area contributed by atoms with Gasteiger partial charge in [0.2, 0.25) is 12.7 Å². The number of hydrogen-bond donors (Lipinski definition) is 2. The number of aliphatic hydroxyl groups excluding tert-OH is 1. The fourth-order valence-electron chi connectivity index (χ4n) is 6.81. The number of amides is 2. The molecule has 0 spiro atoms. The predicted octanol–water partition coefficient (Wildman–Crippen LogP) is 4.68. The van der Waals surface area contributed by atoms with Gasteiger partial charge in [0.25, 0.3) is 5.91 Å². The van der Waals surface area contributed by atoms with Crippen LogP contribution in [0.4, 0.5) is 5.13 Å². The van der Waals surface area contributed by atoms with Gasteiger partial charge in [0, 0.05) is 35.4 Å². The first-order valence-electron chi connectivity index (χ1n) is 13.3. The number of ether oxygens (including phenoxy) is 2. The highest BCUT2D eigenvalue weighted by Gasteiger charge is 2.54. The molecule has 0 saturated heterocycles. The Kier molecular flexibility index (Phi) is 6.96. The summed E-state index contributed by atoms with van der Waals surface area (Å²) < 4.78 is 10.7. The van der Waals surface area contributed by atoms with Crippen molar-refractivity contribution in [1.29, 1.82) is 0 Å². The Bertz CT molecular complexity index is 1190. The molecule has 2 N–H and O–H groups in total. The average Bonchev–Trinajstić information content (AvgIpc) is 3.50. The van der Waals surface area contributed by atoms with Gasteiger partial charge in [0.1, 0.15) is 0 Å². The minimum Gasteiger partial charge on any atom is -0.454 e.